The van der Waals surface area contributed by atoms with Gasteiger partial charge in [-0.15, -0.1) is 11.3 Å². The van der Waals surface area contributed by atoms with Crippen LogP contribution in [-0.2, 0) is 11.3 Å². The quantitative estimate of drug-likeness (QED) is 0.807. The number of carbonyl (C=O) groups is 1. The minimum atomic E-state index is 0.297. The summed E-state index contributed by atoms with van der Waals surface area (Å²) >= 11 is 1.90. The summed E-state index contributed by atoms with van der Waals surface area (Å²) < 4.78 is 0. The van der Waals surface area contributed by atoms with Crippen LogP contribution in [0.4, 0.5) is 0 Å². The molecule has 0 aliphatic carbocycles. The molecular formula is C21H33N3OS. The van der Waals surface area contributed by atoms with Gasteiger partial charge in [0, 0.05) is 49.6 Å². The Labute approximate surface area is 162 Å². The second-order valence-corrected chi connectivity index (χ2v) is 9.38. The van der Waals surface area contributed by atoms with Crippen molar-refractivity contribution in [3.8, 4) is 0 Å². The van der Waals surface area contributed by atoms with Crippen molar-refractivity contribution in [2.75, 3.05) is 39.3 Å². The van der Waals surface area contributed by atoms with E-state index in [-0.39, 0.29) is 0 Å². The molecule has 0 saturated carbocycles. The van der Waals surface area contributed by atoms with Gasteiger partial charge in [-0.25, -0.2) is 0 Å². The van der Waals surface area contributed by atoms with Crippen molar-refractivity contribution >= 4 is 17.2 Å². The Morgan fingerprint density at radius 1 is 1.04 bits per heavy atom. The van der Waals surface area contributed by atoms with Gasteiger partial charge in [0.1, 0.15) is 0 Å². The second kappa shape index (κ2) is 8.41. The van der Waals surface area contributed by atoms with Crippen LogP contribution >= 0.6 is 11.3 Å². The molecular weight excluding hydrogens is 342 g/mol. The van der Waals surface area contributed by atoms with Crippen LogP contribution in [-0.4, -0.2) is 65.9 Å². The summed E-state index contributed by atoms with van der Waals surface area (Å²) in [5.41, 5.74) is 1.45. The summed E-state index contributed by atoms with van der Waals surface area (Å²) in [7, 11) is 0. The highest BCUT2D eigenvalue weighted by Gasteiger charge is 2.33. The fourth-order valence-corrected chi connectivity index (χ4v) is 5.87. The van der Waals surface area contributed by atoms with Crippen molar-refractivity contribution in [3.63, 3.8) is 0 Å². The predicted octanol–water partition coefficient (Wildman–Crippen LogP) is 3.36. The number of hydrogen-bond donors (Lipinski definition) is 0. The van der Waals surface area contributed by atoms with Crippen molar-refractivity contribution < 1.29 is 4.79 Å². The van der Waals surface area contributed by atoms with Crippen molar-refractivity contribution in [1.82, 2.24) is 14.7 Å². The Morgan fingerprint density at radius 3 is 2.35 bits per heavy atom. The lowest BCUT2D eigenvalue weighted by atomic mass is 9.92. The highest BCUT2D eigenvalue weighted by atomic mass is 32.1. The number of aryl methyl sites for hydroxylation is 1. The van der Waals surface area contributed by atoms with Gasteiger partial charge in [-0.1, -0.05) is 0 Å². The van der Waals surface area contributed by atoms with Gasteiger partial charge in [-0.2, -0.15) is 0 Å². The zero-order chi connectivity index (χ0) is 17.9. The molecule has 0 unspecified atom stereocenters. The fraction of sp³-hybridized carbons (Fsp3) is 0.762. The first-order valence-electron chi connectivity index (χ1n) is 10.5. The Balaban J connectivity index is 1.21. The van der Waals surface area contributed by atoms with E-state index < -0.39 is 0 Å². The van der Waals surface area contributed by atoms with E-state index in [4.69, 9.17) is 0 Å². The molecule has 3 aliphatic heterocycles. The first-order chi connectivity index (χ1) is 12.7. The summed E-state index contributed by atoms with van der Waals surface area (Å²) in [6, 6.07) is 2.97. The Kier molecular flexibility index (Phi) is 5.97. The Hall–Kier alpha value is -0.910. The van der Waals surface area contributed by atoms with Crippen LogP contribution in [0.15, 0.2) is 11.4 Å². The molecule has 3 fully saturated rings. The highest BCUT2D eigenvalue weighted by molar-refractivity contribution is 7.10. The lowest BCUT2D eigenvalue weighted by Crippen LogP contribution is -2.49. The maximum atomic E-state index is 12.6. The molecule has 4 heterocycles. The monoisotopic (exact) mass is 375 g/mol. The molecule has 5 heteroatoms. The molecule has 1 aromatic heterocycles. The molecule has 1 aromatic rings. The molecule has 3 aliphatic rings. The van der Waals surface area contributed by atoms with E-state index in [1.165, 1.54) is 49.2 Å². The van der Waals surface area contributed by atoms with E-state index in [2.05, 4.69) is 33.1 Å². The van der Waals surface area contributed by atoms with Crippen LogP contribution in [0.5, 0.6) is 0 Å². The van der Waals surface area contributed by atoms with Crippen LogP contribution in [0.3, 0.4) is 0 Å². The van der Waals surface area contributed by atoms with Crippen LogP contribution in [0.1, 0.15) is 49.0 Å². The van der Waals surface area contributed by atoms with Gasteiger partial charge in [0.2, 0.25) is 5.91 Å². The summed E-state index contributed by atoms with van der Waals surface area (Å²) in [5, 5.41) is 2.21. The zero-order valence-corrected chi connectivity index (χ0v) is 17.0. The molecule has 4 rings (SSSR count). The molecule has 0 radical (unpaired) electrons. The molecule has 26 heavy (non-hydrogen) atoms. The molecule has 4 nitrogen and oxygen atoms in total. The van der Waals surface area contributed by atoms with E-state index in [0.717, 1.165) is 51.6 Å². The maximum absolute atomic E-state index is 12.6. The van der Waals surface area contributed by atoms with Crippen LogP contribution < -0.4 is 0 Å². The average Bonchev–Trinajstić information content (AvgIpc) is 3.35. The van der Waals surface area contributed by atoms with Gasteiger partial charge >= 0.3 is 0 Å². The largest absolute Gasteiger partial charge is 0.342 e. The number of nitrogens with zero attached hydrogens (tertiary/aromatic N) is 3. The predicted molar refractivity (Wildman–Crippen MR) is 107 cm³/mol. The first-order valence-corrected chi connectivity index (χ1v) is 11.4. The number of hydrogen-bond acceptors (Lipinski definition) is 4. The molecule has 0 N–H and O–H groups in total. The minimum Gasteiger partial charge on any atom is -0.342 e. The normalized spacial score (nSPS) is 24.4. The van der Waals surface area contributed by atoms with Gasteiger partial charge in [0.15, 0.2) is 0 Å². The summed E-state index contributed by atoms with van der Waals surface area (Å²) in [6.45, 7) is 10.0. The topological polar surface area (TPSA) is 26.8 Å². The van der Waals surface area contributed by atoms with Crippen molar-refractivity contribution in [2.24, 2.45) is 5.92 Å². The Morgan fingerprint density at radius 2 is 1.73 bits per heavy atom. The number of likely N-dealkylation sites (tertiary alicyclic amines) is 3. The maximum Gasteiger partial charge on any atom is 0.225 e. The van der Waals surface area contributed by atoms with E-state index in [0.29, 0.717) is 11.8 Å². The van der Waals surface area contributed by atoms with Gasteiger partial charge in [0.25, 0.3) is 0 Å². The number of piperidine rings is 2. The average molecular weight is 376 g/mol. The first kappa shape index (κ1) is 18.5. The number of amides is 1. The smallest absolute Gasteiger partial charge is 0.225 e. The SMILES string of the molecule is Cc1ccsc1CN1CCC(N2CCC(C(=O)N3CCCC3)CC2)CC1. The van der Waals surface area contributed by atoms with E-state index in [9.17, 15) is 4.79 Å². The lowest BCUT2D eigenvalue weighted by Gasteiger charge is -2.42. The minimum absolute atomic E-state index is 0.297. The summed E-state index contributed by atoms with van der Waals surface area (Å²) in [5.74, 6) is 0.745. The standard InChI is InChI=1S/C21H33N3OS/c1-17-8-15-26-20(17)16-22-11-6-19(7-12-22)23-13-4-18(5-14-23)21(25)24-9-2-3-10-24/h8,15,18-19H,2-7,9-14,16H2,1H3. The van der Waals surface area contributed by atoms with E-state index in [1.54, 1.807) is 0 Å². The third-order valence-corrected chi connectivity index (χ3v) is 7.71. The molecule has 0 aromatic carbocycles. The lowest BCUT2D eigenvalue weighted by molar-refractivity contribution is -0.136. The highest BCUT2D eigenvalue weighted by Crippen LogP contribution is 2.27. The van der Waals surface area contributed by atoms with E-state index in [1.807, 2.05) is 11.3 Å². The summed E-state index contributed by atoms with van der Waals surface area (Å²) in [4.78, 5) is 21.6. The molecule has 0 spiro atoms. The third kappa shape index (κ3) is 4.15. The second-order valence-electron chi connectivity index (χ2n) is 8.38. The van der Waals surface area contributed by atoms with Crippen molar-refractivity contribution in [3.05, 3.63) is 21.9 Å². The van der Waals surface area contributed by atoms with Crippen LogP contribution in [0.25, 0.3) is 0 Å². The summed E-state index contributed by atoms with van der Waals surface area (Å²) in [6.07, 6.45) is 7.13. The van der Waals surface area contributed by atoms with E-state index >= 15 is 0 Å². The van der Waals surface area contributed by atoms with Gasteiger partial charge in [-0.05, 0) is 75.5 Å². The molecule has 0 atom stereocenters. The van der Waals surface area contributed by atoms with Crippen molar-refractivity contribution in [2.45, 2.75) is 58.0 Å². The van der Waals surface area contributed by atoms with Crippen molar-refractivity contribution in [1.29, 1.82) is 0 Å². The van der Waals surface area contributed by atoms with Gasteiger partial charge in [-0.3, -0.25) is 9.69 Å². The fourth-order valence-electron chi connectivity index (χ4n) is 4.92. The zero-order valence-electron chi connectivity index (χ0n) is 16.2. The molecule has 3 saturated heterocycles. The number of rotatable bonds is 4. The van der Waals surface area contributed by atoms with Crippen LogP contribution in [0, 0.1) is 12.8 Å². The van der Waals surface area contributed by atoms with Crippen LogP contribution in [0.2, 0.25) is 0 Å². The Bertz CT molecular complexity index is 594. The van der Waals surface area contributed by atoms with Gasteiger partial charge in [0.05, 0.1) is 0 Å². The number of carbonyl (C=O) groups excluding carboxylic acids is 1. The molecule has 144 valence electrons. The molecule has 0 bridgehead atoms. The molecule has 1 amide bonds. The van der Waals surface area contributed by atoms with Gasteiger partial charge < -0.3 is 9.80 Å². The number of thiophene rings is 1. The third-order valence-electron chi connectivity index (χ3n) is 6.71.